The third kappa shape index (κ3) is 4.02. The van der Waals surface area contributed by atoms with Gasteiger partial charge in [0.1, 0.15) is 11.6 Å². The van der Waals surface area contributed by atoms with Crippen molar-refractivity contribution in [2.75, 3.05) is 11.9 Å². The first-order valence-corrected chi connectivity index (χ1v) is 6.51. The molecule has 22 heavy (non-hydrogen) atoms. The fourth-order valence-electron chi connectivity index (χ4n) is 1.61. The number of amides is 1. The molecular weight excluding hydrogens is 316 g/mol. The van der Waals surface area contributed by atoms with E-state index in [4.69, 9.17) is 16.3 Å². The first kappa shape index (κ1) is 15.9. The molecule has 7 heteroatoms. The molecule has 0 saturated carbocycles. The van der Waals surface area contributed by atoms with E-state index in [0.29, 0.717) is 0 Å². The lowest BCUT2D eigenvalue weighted by atomic mass is 10.2. The van der Waals surface area contributed by atoms with Crippen LogP contribution in [0.2, 0.25) is 5.02 Å². The second-order valence-corrected chi connectivity index (χ2v) is 4.64. The fourth-order valence-corrected chi connectivity index (χ4v) is 1.81. The second kappa shape index (κ2) is 7.00. The molecule has 2 aromatic carbocycles. The number of hydrogen-bond donors (Lipinski definition) is 1. The minimum absolute atomic E-state index is 0.000844. The Labute approximate surface area is 129 Å². The van der Waals surface area contributed by atoms with E-state index in [1.807, 2.05) is 0 Å². The monoisotopic (exact) mass is 325 g/mol. The smallest absolute Gasteiger partial charge is 0.340 e. The average molecular weight is 326 g/mol. The van der Waals surface area contributed by atoms with E-state index in [1.54, 1.807) is 0 Å². The van der Waals surface area contributed by atoms with Gasteiger partial charge in [0, 0.05) is 0 Å². The number of esters is 1. The third-order valence-corrected chi connectivity index (χ3v) is 2.96. The molecule has 0 spiro atoms. The summed E-state index contributed by atoms with van der Waals surface area (Å²) in [5.41, 5.74) is -0.229. The van der Waals surface area contributed by atoms with Crippen molar-refractivity contribution in [3.05, 3.63) is 64.7 Å². The normalized spacial score (nSPS) is 10.1. The quantitative estimate of drug-likeness (QED) is 0.876. The Morgan fingerprint density at radius 3 is 2.59 bits per heavy atom. The highest BCUT2D eigenvalue weighted by molar-refractivity contribution is 6.33. The van der Waals surface area contributed by atoms with Crippen molar-refractivity contribution in [3.8, 4) is 0 Å². The van der Waals surface area contributed by atoms with Crippen molar-refractivity contribution in [1.82, 2.24) is 0 Å². The molecule has 1 amide bonds. The zero-order chi connectivity index (χ0) is 16.1. The zero-order valence-electron chi connectivity index (χ0n) is 11.1. The van der Waals surface area contributed by atoms with Gasteiger partial charge in [0.25, 0.3) is 5.91 Å². The number of carbonyl (C=O) groups excluding carboxylic acids is 2. The minimum Gasteiger partial charge on any atom is -0.452 e. The van der Waals surface area contributed by atoms with Crippen LogP contribution in [0.5, 0.6) is 0 Å². The summed E-state index contributed by atoms with van der Waals surface area (Å²) in [6.07, 6.45) is 0. The highest BCUT2D eigenvalue weighted by Crippen LogP contribution is 2.18. The van der Waals surface area contributed by atoms with Gasteiger partial charge in [-0.25, -0.2) is 13.6 Å². The summed E-state index contributed by atoms with van der Waals surface area (Å²) in [5.74, 6) is -2.96. The lowest BCUT2D eigenvalue weighted by molar-refractivity contribution is -0.119. The van der Waals surface area contributed by atoms with Crippen molar-refractivity contribution in [2.24, 2.45) is 0 Å². The van der Waals surface area contributed by atoms with Crippen LogP contribution in [0.4, 0.5) is 14.5 Å². The molecule has 0 saturated heterocycles. The Balaban J connectivity index is 1.95. The van der Waals surface area contributed by atoms with E-state index in [9.17, 15) is 18.4 Å². The summed E-state index contributed by atoms with van der Waals surface area (Å²) in [7, 11) is 0. The van der Waals surface area contributed by atoms with Crippen molar-refractivity contribution >= 4 is 29.2 Å². The van der Waals surface area contributed by atoms with Crippen LogP contribution in [-0.2, 0) is 9.53 Å². The molecular formula is C15H10ClF2NO3. The van der Waals surface area contributed by atoms with Crippen LogP contribution < -0.4 is 5.32 Å². The number of para-hydroxylation sites is 1. The molecule has 0 aliphatic carbocycles. The number of ether oxygens (including phenoxy) is 1. The van der Waals surface area contributed by atoms with Gasteiger partial charge in [-0.15, -0.1) is 0 Å². The summed E-state index contributed by atoms with van der Waals surface area (Å²) < 4.78 is 31.1. The van der Waals surface area contributed by atoms with E-state index in [-0.39, 0.29) is 16.3 Å². The van der Waals surface area contributed by atoms with Crippen LogP contribution >= 0.6 is 11.6 Å². The van der Waals surface area contributed by atoms with E-state index in [1.165, 1.54) is 30.3 Å². The van der Waals surface area contributed by atoms with Gasteiger partial charge >= 0.3 is 5.97 Å². The lowest BCUT2D eigenvalue weighted by Crippen LogP contribution is -2.21. The summed E-state index contributed by atoms with van der Waals surface area (Å²) in [6, 6.07) is 8.73. The molecule has 0 unspecified atom stereocenters. The molecule has 0 aromatic heterocycles. The second-order valence-electron chi connectivity index (χ2n) is 4.23. The molecule has 2 aromatic rings. The molecule has 1 N–H and O–H groups in total. The predicted octanol–water partition coefficient (Wildman–Crippen LogP) is 3.41. The summed E-state index contributed by atoms with van der Waals surface area (Å²) in [5, 5.41) is 2.25. The summed E-state index contributed by atoms with van der Waals surface area (Å²) >= 11 is 5.74. The highest BCUT2D eigenvalue weighted by Gasteiger charge is 2.15. The number of nitrogens with one attached hydrogen (secondary N) is 1. The minimum atomic E-state index is -0.951. The Morgan fingerprint density at radius 1 is 1.14 bits per heavy atom. The number of anilines is 1. The number of carbonyl (C=O) groups is 2. The van der Waals surface area contributed by atoms with Crippen molar-refractivity contribution in [2.45, 2.75) is 0 Å². The van der Waals surface area contributed by atoms with Crippen LogP contribution in [0.3, 0.4) is 0 Å². The number of halogens is 3. The number of benzene rings is 2. The molecule has 0 fully saturated rings. The summed E-state index contributed by atoms with van der Waals surface area (Å²) in [6.45, 7) is -0.653. The maximum Gasteiger partial charge on any atom is 0.340 e. The number of hydrogen-bond acceptors (Lipinski definition) is 3. The first-order valence-electron chi connectivity index (χ1n) is 6.14. The molecule has 0 atom stereocenters. The van der Waals surface area contributed by atoms with E-state index < -0.39 is 30.1 Å². The average Bonchev–Trinajstić information content (AvgIpc) is 2.49. The molecule has 0 heterocycles. The van der Waals surface area contributed by atoms with Gasteiger partial charge in [-0.3, -0.25) is 4.79 Å². The van der Waals surface area contributed by atoms with Crippen LogP contribution in [0.1, 0.15) is 10.4 Å². The molecule has 0 aliphatic heterocycles. The molecule has 0 bridgehead atoms. The van der Waals surface area contributed by atoms with Crippen LogP contribution in [-0.4, -0.2) is 18.5 Å². The molecule has 0 aliphatic rings. The Bertz CT molecular complexity index is 722. The number of rotatable bonds is 4. The van der Waals surface area contributed by atoms with Gasteiger partial charge in [-0.1, -0.05) is 23.7 Å². The van der Waals surface area contributed by atoms with E-state index in [0.717, 1.165) is 12.1 Å². The van der Waals surface area contributed by atoms with Gasteiger partial charge in [-0.05, 0) is 30.3 Å². The lowest BCUT2D eigenvalue weighted by Gasteiger charge is -2.08. The van der Waals surface area contributed by atoms with Crippen molar-refractivity contribution in [3.63, 3.8) is 0 Å². The van der Waals surface area contributed by atoms with Gasteiger partial charge in [0.2, 0.25) is 0 Å². The van der Waals surface area contributed by atoms with Gasteiger partial charge < -0.3 is 10.1 Å². The standard InChI is InChI=1S/C15H10ClF2NO3/c16-11-6-5-9(17)7-10(11)15(21)22-8-14(20)19-13-4-2-1-3-12(13)18/h1-7H,8H2,(H,19,20). The Morgan fingerprint density at radius 2 is 1.86 bits per heavy atom. The van der Waals surface area contributed by atoms with Crippen molar-refractivity contribution in [1.29, 1.82) is 0 Å². The Kier molecular flexibility index (Phi) is 5.06. The summed E-state index contributed by atoms with van der Waals surface area (Å²) in [4.78, 5) is 23.3. The maximum atomic E-state index is 13.3. The van der Waals surface area contributed by atoms with Crippen molar-refractivity contribution < 1.29 is 23.1 Å². The Hall–Kier alpha value is -2.47. The van der Waals surface area contributed by atoms with E-state index in [2.05, 4.69) is 5.32 Å². The third-order valence-electron chi connectivity index (χ3n) is 2.63. The van der Waals surface area contributed by atoms with Crippen LogP contribution in [0, 0.1) is 11.6 Å². The topological polar surface area (TPSA) is 55.4 Å². The van der Waals surface area contributed by atoms with Crippen LogP contribution in [0.15, 0.2) is 42.5 Å². The van der Waals surface area contributed by atoms with Gasteiger partial charge in [0.05, 0.1) is 16.3 Å². The maximum absolute atomic E-state index is 13.3. The largest absolute Gasteiger partial charge is 0.452 e. The molecule has 2 rings (SSSR count). The fraction of sp³-hybridized carbons (Fsp3) is 0.0667. The SMILES string of the molecule is O=C(COC(=O)c1cc(F)ccc1Cl)Nc1ccccc1F. The zero-order valence-corrected chi connectivity index (χ0v) is 11.9. The van der Waals surface area contributed by atoms with E-state index >= 15 is 0 Å². The van der Waals surface area contributed by atoms with Crippen LogP contribution in [0.25, 0.3) is 0 Å². The molecule has 4 nitrogen and oxygen atoms in total. The predicted molar refractivity (Wildman–Crippen MR) is 76.7 cm³/mol. The first-order chi connectivity index (χ1) is 10.5. The molecule has 114 valence electrons. The van der Waals surface area contributed by atoms with Gasteiger partial charge in [-0.2, -0.15) is 0 Å². The highest BCUT2D eigenvalue weighted by atomic mass is 35.5. The molecule has 0 radical (unpaired) electrons. The van der Waals surface area contributed by atoms with Gasteiger partial charge in [0.15, 0.2) is 6.61 Å².